The van der Waals surface area contributed by atoms with E-state index in [1.54, 1.807) is 6.92 Å². The summed E-state index contributed by atoms with van der Waals surface area (Å²) in [5.41, 5.74) is -1.24. The molecule has 0 aliphatic rings. The lowest BCUT2D eigenvalue weighted by atomic mass is 10.4. The van der Waals surface area contributed by atoms with Crippen molar-refractivity contribution in [2.75, 3.05) is 6.61 Å². The van der Waals surface area contributed by atoms with E-state index in [9.17, 15) is 9.18 Å². The van der Waals surface area contributed by atoms with Crippen LogP contribution in [0.5, 0.6) is 0 Å². The predicted octanol–water partition coefficient (Wildman–Crippen LogP) is 3.03. The Balaban J connectivity index is 2.36. The van der Waals surface area contributed by atoms with Gasteiger partial charge in [0.15, 0.2) is 5.50 Å². The Morgan fingerprint density at radius 2 is 2.13 bits per heavy atom. The largest absolute Gasteiger partial charge is 0.466 e. The molecule has 1 aromatic carbocycles. The number of carbonyl (C=O) groups is 1. The summed E-state index contributed by atoms with van der Waals surface area (Å²) in [4.78, 5) is 11.8. The van der Waals surface area contributed by atoms with Crippen LogP contribution in [0.2, 0.25) is 0 Å². The minimum Gasteiger partial charge on any atom is -0.466 e. The Hall–Kier alpha value is -1.03. The third-order valence-corrected chi connectivity index (χ3v) is 2.61. The van der Waals surface area contributed by atoms with Gasteiger partial charge in [-0.1, -0.05) is 30.0 Å². The van der Waals surface area contributed by atoms with Gasteiger partial charge in [-0.25, -0.2) is 4.39 Å². The van der Waals surface area contributed by atoms with Crippen molar-refractivity contribution in [2.45, 2.75) is 23.7 Å². The van der Waals surface area contributed by atoms with Crippen molar-refractivity contribution in [3.63, 3.8) is 0 Å². The van der Waals surface area contributed by atoms with Crippen LogP contribution in [0.25, 0.3) is 0 Å². The molecule has 0 spiro atoms. The van der Waals surface area contributed by atoms with Crippen LogP contribution in [0.1, 0.15) is 13.3 Å². The highest BCUT2D eigenvalue weighted by Gasteiger charge is 2.14. The first kappa shape index (κ1) is 12.0. The summed E-state index contributed by atoms with van der Waals surface area (Å²) in [5, 5.41) is 0. The third kappa shape index (κ3) is 4.83. The molecule has 1 aromatic rings. The summed E-state index contributed by atoms with van der Waals surface area (Å²) in [5.74, 6) is -0.492. The Morgan fingerprint density at radius 1 is 1.47 bits per heavy atom. The molecule has 0 bridgehead atoms. The van der Waals surface area contributed by atoms with Crippen molar-refractivity contribution in [2.24, 2.45) is 0 Å². The average molecular weight is 228 g/mol. The van der Waals surface area contributed by atoms with Crippen LogP contribution in [0.3, 0.4) is 0 Å². The van der Waals surface area contributed by atoms with Crippen molar-refractivity contribution in [3.05, 3.63) is 30.3 Å². The number of thioether (sulfide) groups is 1. The van der Waals surface area contributed by atoms with Gasteiger partial charge in [0.2, 0.25) is 0 Å². The van der Waals surface area contributed by atoms with Gasteiger partial charge in [-0.2, -0.15) is 0 Å². The molecule has 0 radical (unpaired) electrons. The Kier molecular flexibility index (Phi) is 5.18. The van der Waals surface area contributed by atoms with Crippen LogP contribution in [0.4, 0.5) is 4.39 Å². The normalized spacial score (nSPS) is 12.1. The zero-order valence-corrected chi connectivity index (χ0v) is 9.30. The Labute approximate surface area is 92.8 Å². The van der Waals surface area contributed by atoms with Gasteiger partial charge in [0, 0.05) is 4.90 Å². The van der Waals surface area contributed by atoms with Crippen LogP contribution in [0, 0.1) is 0 Å². The Bertz CT molecular complexity index is 303. The maximum atomic E-state index is 13.3. The van der Waals surface area contributed by atoms with Gasteiger partial charge in [0.25, 0.3) is 0 Å². The molecule has 1 atom stereocenters. The molecule has 0 aliphatic carbocycles. The molecule has 0 N–H and O–H groups in total. The number of halogens is 1. The summed E-state index contributed by atoms with van der Waals surface area (Å²) in [6.45, 7) is 2.00. The molecule has 0 aliphatic heterocycles. The summed E-state index contributed by atoms with van der Waals surface area (Å²) >= 11 is 1.03. The second kappa shape index (κ2) is 6.45. The minimum atomic E-state index is -1.24. The van der Waals surface area contributed by atoms with Crippen molar-refractivity contribution >= 4 is 17.7 Å². The fourth-order valence-corrected chi connectivity index (χ4v) is 1.87. The van der Waals surface area contributed by atoms with E-state index < -0.39 is 11.5 Å². The topological polar surface area (TPSA) is 26.3 Å². The van der Waals surface area contributed by atoms with Crippen molar-refractivity contribution in [3.8, 4) is 0 Å². The fraction of sp³-hybridized carbons (Fsp3) is 0.364. The molecule has 0 saturated carbocycles. The molecule has 0 heterocycles. The number of ether oxygens (including phenoxy) is 1. The molecule has 2 nitrogen and oxygen atoms in total. The number of carbonyl (C=O) groups excluding carboxylic acids is 1. The van der Waals surface area contributed by atoms with Gasteiger partial charge in [-0.3, -0.25) is 4.79 Å². The van der Waals surface area contributed by atoms with Crippen molar-refractivity contribution in [1.82, 2.24) is 0 Å². The Morgan fingerprint density at radius 3 is 2.73 bits per heavy atom. The first-order valence-corrected chi connectivity index (χ1v) is 5.61. The number of esters is 1. The van der Waals surface area contributed by atoms with Gasteiger partial charge in [-0.15, -0.1) is 0 Å². The third-order valence-electron chi connectivity index (χ3n) is 1.64. The van der Waals surface area contributed by atoms with Gasteiger partial charge < -0.3 is 4.74 Å². The predicted molar refractivity (Wildman–Crippen MR) is 58.4 cm³/mol. The van der Waals surface area contributed by atoms with Gasteiger partial charge >= 0.3 is 5.97 Å². The highest BCUT2D eigenvalue weighted by molar-refractivity contribution is 7.99. The average Bonchev–Trinajstić information content (AvgIpc) is 2.19. The number of alkyl halides is 1. The molecule has 82 valence electrons. The smallest absolute Gasteiger partial charge is 0.309 e. The molecular formula is C11H13FO2S. The minimum absolute atomic E-state index is 0.201. The first-order valence-electron chi connectivity index (χ1n) is 4.73. The summed E-state index contributed by atoms with van der Waals surface area (Å²) in [6.07, 6.45) is -0.201. The van der Waals surface area contributed by atoms with Gasteiger partial charge in [0.1, 0.15) is 0 Å². The number of rotatable bonds is 5. The maximum Gasteiger partial charge on any atom is 0.309 e. The molecule has 0 amide bonds. The molecule has 0 saturated heterocycles. The van der Waals surface area contributed by atoms with Gasteiger partial charge in [-0.05, 0) is 19.1 Å². The molecule has 1 unspecified atom stereocenters. The fourth-order valence-electron chi connectivity index (χ4n) is 1.04. The SMILES string of the molecule is CCOC(=O)CC(F)Sc1ccccc1. The molecule has 15 heavy (non-hydrogen) atoms. The van der Waals surface area contributed by atoms with E-state index in [0.717, 1.165) is 16.7 Å². The van der Waals surface area contributed by atoms with E-state index in [4.69, 9.17) is 0 Å². The quantitative estimate of drug-likeness (QED) is 0.572. The lowest BCUT2D eigenvalue weighted by Gasteiger charge is -2.06. The number of benzene rings is 1. The summed E-state index contributed by atoms with van der Waals surface area (Å²) < 4.78 is 18.0. The molecule has 0 aromatic heterocycles. The van der Waals surface area contributed by atoms with Crippen molar-refractivity contribution in [1.29, 1.82) is 0 Å². The molecule has 4 heteroatoms. The van der Waals surface area contributed by atoms with Crippen molar-refractivity contribution < 1.29 is 13.9 Å². The highest BCUT2D eigenvalue weighted by Crippen LogP contribution is 2.26. The second-order valence-electron chi connectivity index (χ2n) is 2.85. The standard InChI is InChI=1S/C11H13FO2S/c1-2-14-11(13)8-10(12)15-9-6-4-3-5-7-9/h3-7,10H,2,8H2,1H3. The van der Waals surface area contributed by atoms with E-state index in [2.05, 4.69) is 4.74 Å². The van der Waals surface area contributed by atoms with E-state index in [0.29, 0.717) is 6.61 Å². The second-order valence-corrected chi connectivity index (χ2v) is 4.07. The van der Waals surface area contributed by atoms with Crippen LogP contribution >= 0.6 is 11.8 Å². The van der Waals surface area contributed by atoms with Crippen LogP contribution in [0.15, 0.2) is 35.2 Å². The number of hydrogen-bond acceptors (Lipinski definition) is 3. The van der Waals surface area contributed by atoms with Crippen LogP contribution in [-0.4, -0.2) is 18.1 Å². The molecular weight excluding hydrogens is 215 g/mol. The zero-order chi connectivity index (χ0) is 11.1. The highest BCUT2D eigenvalue weighted by atomic mass is 32.2. The lowest BCUT2D eigenvalue weighted by molar-refractivity contribution is -0.143. The van der Waals surface area contributed by atoms with Crippen LogP contribution in [-0.2, 0) is 9.53 Å². The zero-order valence-electron chi connectivity index (χ0n) is 8.48. The first-order chi connectivity index (χ1) is 7.22. The van der Waals surface area contributed by atoms with E-state index >= 15 is 0 Å². The summed E-state index contributed by atoms with van der Waals surface area (Å²) in [7, 11) is 0. The molecule has 1 rings (SSSR count). The van der Waals surface area contributed by atoms with Gasteiger partial charge in [0.05, 0.1) is 13.0 Å². The van der Waals surface area contributed by atoms with Crippen LogP contribution < -0.4 is 0 Å². The van der Waals surface area contributed by atoms with E-state index in [1.165, 1.54) is 0 Å². The van der Waals surface area contributed by atoms with E-state index in [-0.39, 0.29) is 6.42 Å². The monoisotopic (exact) mass is 228 g/mol. The molecule has 0 fully saturated rings. The summed E-state index contributed by atoms with van der Waals surface area (Å²) in [6, 6.07) is 9.15. The van der Waals surface area contributed by atoms with E-state index in [1.807, 2.05) is 30.3 Å². The number of hydrogen-bond donors (Lipinski definition) is 0. The maximum absolute atomic E-state index is 13.3. The lowest BCUT2D eigenvalue weighted by Crippen LogP contribution is -2.09.